The molecule has 0 saturated carbocycles. The fourth-order valence-electron chi connectivity index (χ4n) is 10.4. The van der Waals surface area contributed by atoms with Crippen LogP contribution in [0.15, 0.2) is 36.5 Å². The molecule has 0 heterocycles. The van der Waals surface area contributed by atoms with Crippen molar-refractivity contribution in [3.8, 4) is 0 Å². The zero-order valence-electron chi connectivity index (χ0n) is 54.1. The number of carbonyl (C=O) groups excluding carboxylic acids is 2. The quantitative estimate of drug-likeness (QED) is 0.0205. The van der Waals surface area contributed by atoms with Gasteiger partial charge in [0.15, 0.2) is 0 Å². The average Bonchev–Trinajstić information content (AvgIpc) is 3.42. The number of phosphoric acid groups is 1. The van der Waals surface area contributed by atoms with Crippen LogP contribution in [0.4, 0.5) is 0 Å². The molecular weight excluding hydrogens is 1010 g/mol. The minimum absolute atomic E-state index is 0.0414. The van der Waals surface area contributed by atoms with Crippen molar-refractivity contribution >= 4 is 19.7 Å². The van der Waals surface area contributed by atoms with Crippen LogP contribution in [-0.4, -0.2) is 74.3 Å². The molecule has 0 aromatic carbocycles. The van der Waals surface area contributed by atoms with Gasteiger partial charge in [-0.05, 0) is 63.9 Å². The number of quaternary nitrogens is 1. The van der Waals surface area contributed by atoms with Gasteiger partial charge in [-0.2, -0.15) is 0 Å². The van der Waals surface area contributed by atoms with Gasteiger partial charge in [-0.3, -0.25) is 18.6 Å². The summed E-state index contributed by atoms with van der Waals surface area (Å²) in [6, 6.07) is -0.848. The Labute approximate surface area is 497 Å². The standard InChI is InChI=1S/C70H135N2O7P/c1-7-10-13-16-19-22-25-28-30-32-33-34-35-36-37-38-39-41-42-44-47-50-53-56-59-62-69(73)71-67(66-78-80(75,76)77-65-64-72(4,5)6)68(61-58-55-52-49-46-27-24-21-18-15-12-9-3)79-70(74)63-60-57-54-51-48-45-43-40-31-29-26-23-20-17-14-11-8-2/h20,23,29,31,58,61,67-68H,7-19,21-22,24-28,30,32-57,59-60,62-66H2,1-6H3,(H-,71,73,75,76)/p+1/b23-20-,31-29-,61-58-. The van der Waals surface area contributed by atoms with E-state index in [9.17, 15) is 19.0 Å². The van der Waals surface area contributed by atoms with Gasteiger partial charge in [0.2, 0.25) is 5.91 Å². The average molecular weight is 1150 g/mol. The monoisotopic (exact) mass is 1150 g/mol. The maximum absolute atomic E-state index is 13.6. The molecule has 472 valence electrons. The first-order valence-corrected chi connectivity index (χ1v) is 36.3. The van der Waals surface area contributed by atoms with Gasteiger partial charge >= 0.3 is 13.8 Å². The molecule has 0 bridgehead atoms. The van der Waals surface area contributed by atoms with E-state index in [1.165, 1.54) is 238 Å². The molecule has 0 saturated heterocycles. The lowest BCUT2D eigenvalue weighted by molar-refractivity contribution is -0.870. The van der Waals surface area contributed by atoms with Crippen molar-refractivity contribution in [3.05, 3.63) is 36.5 Å². The summed E-state index contributed by atoms with van der Waals surface area (Å²) in [5.41, 5.74) is 0. The van der Waals surface area contributed by atoms with Gasteiger partial charge < -0.3 is 19.4 Å². The first-order chi connectivity index (χ1) is 38.9. The maximum Gasteiger partial charge on any atom is 0.472 e. The maximum atomic E-state index is 13.6. The van der Waals surface area contributed by atoms with E-state index in [0.717, 1.165) is 77.0 Å². The third-order valence-corrected chi connectivity index (χ3v) is 16.8. The highest BCUT2D eigenvalue weighted by molar-refractivity contribution is 7.47. The molecule has 1 amide bonds. The van der Waals surface area contributed by atoms with Crippen molar-refractivity contribution in [2.24, 2.45) is 0 Å². The highest BCUT2D eigenvalue weighted by Gasteiger charge is 2.30. The number of ether oxygens (including phenoxy) is 1. The number of esters is 1. The molecule has 0 aliphatic carbocycles. The van der Waals surface area contributed by atoms with Crippen molar-refractivity contribution in [2.75, 3.05) is 40.9 Å². The van der Waals surface area contributed by atoms with E-state index in [2.05, 4.69) is 50.4 Å². The smallest absolute Gasteiger partial charge is 0.456 e. The topological polar surface area (TPSA) is 111 Å². The van der Waals surface area contributed by atoms with E-state index in [0.29, 0.717) is 17.4 Å². The van der Waals surface area contributed by atoms with Crippen LogP contribution in [0.3, 0.4) is 0 Å². The number of unbranched alkanes of at least 4 members (excludes halogenated alkanes) is 44. The Balaban J connectivity index is 5.04. The fourth-order valence-corrected chi connectivity index (χ4v) is 11.2. The number of allylic oxidation sites excluding steroid dienone is 5. The van der Waals surface area contributed by atoms with Crippen molar-refractivity contribution in [3.63, 3.8) is 0 Å². The summed E-state index contributed by atoms with van der Waals surface area (Å²) in [4.78, 5) is 37.8. The zero-order chi connectivity index (χ0) is 58.6. The van der Waals surface area contributed by atoms with Crippen LogP contribution in [-0.2, 0) is 27.9 Å². The lowest BCUT2D eigenvalue weighted by atomic mass is 10.0. The summed E-state index contributed by atoms with van der Waals surface area (Å²) in [7, 11) is 1.51. The normalized spacial score (nSPS) is 13.7. The lowest BCUT2D eigenvalue weighted by Crippen LogP contribution is -2.47. The molecule has 0 rings (SSSR count). The van der Waals surface area contributed by atoms with Crippen molar-refractivity contribution in [1.82, 2.24) is 5.32 Å². The largest absolute Gasteiger partial charge is 0.472 e. The van der Waals surface area contributed by atoms with Crippen molar-refractivity contribution < 1.29 is 37.3 Å². The zero-order valence-corrected chi connectivity index (χ0v) is 55.0. The summed E-state index contributed by atoms with van der Waals surface area (Å²) < 4.78 is 30.8. The van der Waals surface area contributed by atoms with Gasteiger partial charge in [0.05, 0.1) is 33.8 Å². The molecule has 0 aliphatic rings. The summed E-state index contributed by atoms with van der Waals surface area (Å²) in [6.07, 6.45) is 74.4. The van der Waals surface area contributed by atoms with E-state index in [4.69, 9.17) is 13.8 Å². The predicted molar refractivity (Wildman–Crippen MR) is 346 cm³/mol. The Bertz CT molecular complexity index is 1460. The molecule has 0 aliphatic heterocycles. The van der Waals surface area contributed by atoms with Crippen LogP contribution in [0.5, 0.6) is 0 Å². The molecule has 80 heavy (non-hydrogen) atoms. The van der Waals surface area contributed by atoms with Gasteiger partial charge in [-0.25, -0.2) is 4.57 Å². The van der Waals surface area contributed by atoms with Crippen LogP contribution in [0.25, 0.3) is 0 Å². The number of phosphoric ester groups is 1. The van der Waals surface area contributed by atoms with Gasteiger partial charge in [-0.15, -0.1) is 0 Å². The molecular formula is C70H136N2O7P+. The van der Waals surface area contributed by atoms with E-state index in [-0.39, 0.29) is 31.5 Å². The summed E-state index contributed by atoms with van der Waals surface area (Å²) >= 11 is 0. The second-order valence-electron chi connectivity index (χ2n) is 25.1. The molecule has 0 radical (unpaired) electrons. The first kappa shape index (κ1) is 78.2. The number of hydrogen-bond donors (Lipinski definition) is 2. The van der Waals surface area contributed by atoms with Gasteiger partial charge in [0, 0.05) is 12.8 Å². The minimum atomic E-state index is -4.45. The lowest BCUT2D eigenvalue weighted by Gasteiger charge is -2.27. The Morgan fingerprint density at radius 3 is 1.15 bits per heavy atom. The van der Waals surface area contributed by atoms with Gasteiger partial charge in [-0.1, -0.05) is 308 Å². The number of hydrogen-bond acceptors (Lipinski definition) is 6. The molecule has 10 heteroatoms. The van der Waals surface area contributed by atoms with Crippen LogP contribution >= 0.6 is 7.82 Å². The second-order valence-corrected chi connectivity index (χ2v) is 26.5. The van der Waals surface area contributed by atoms with Crippen LogP contribution in [0.1, 0.15) is 348 Å². The third kappa shape index (κ3) is 60.8. The summed E-state index contributed by atoms with van der Waals surface area (Å²) in [5.74, 6) is -0.496. The Morgan fingerprint density at radius 1 is 0.438 bits per heavy atom. The molecule has 0 aromatic heterocycles. The first-order valence-electron chi connectivity index (χ1n) is 34.8. The number of amides is 1. The molecule has 3 unspecified atom stereocenters. The highest BCUT2D eigenvalue weighted by Crippen LogP contribution is 2.43. The minimum Gasteiger partial charge on any atom is -0.456 e. The van der Waals surface area contributed by atoms with E-state index >= 15 is 0 Å². The predicted octanol–water partition coefficient (Wildman–Crippen LogP) is 21.8. The molecule has 0 spiro atoms. The van der Waals surface area contributed by atoms with E-state index in [1.54, 1.807) is 0 Å². The van der Waals surface area contributed by atoms with E-state index < -0.39 is 20.0 Å². The number of nitrogens with zero attached hydrogens (tertiary/aromatic N) is 1. The van der Waals surface area contributed by atoms with Crippen LogP contribution < -0.4 is 5.32 Å². The molecule has 2 N–H and O–H groups in total. The number of carbonyl (C=O) groups is 2. The third-order valence-electron chi connectivity index (χ3n) is 15.8. The van der Waals surface area contributed by atoms with Crippen LogP contribution in [0.2, 0.25) is 0 Å². The Hall–Kier alpha value is -1.77. The summed E-state index contributed by atoms with van der Waals surface area (Å²) in [5, 5.41) is 3.07. The van der Waals surface area contributed by atoms with Gasteiger partial charge in [0.25, 0.3) is 0 Å². The van der Waals surface area contributed by atoms with Crippen molar-refractivity contribution in [2.45, 2.75) is 360 Å². The fraction of sp³-hybridized carbons (Fsp3) is 0.886. The second kappa shape index (κ2) is 60.4. The number of nitrogens with one attached hydrogen (secondary N) is 1. The number of likely N-dealkylation sites (N-methyl/N-ethyl adjacent to an activating group) is 1. The Kier molecular flexibility index (Phi) is 59.0. The highest BCUT2D eigenvalue weighted by atomic mass is 31.2. The molecule has 3 atom stereocenters. The molecule has 0 aromatic rings. The SMILES string of the molecule is CCCCC/C=C\C/C=C\CCCCCCCCCC(=O)OC(/C=C\CCCCCCCCCCCC)C(COP(=O)(O)OCC[N+](C)(C)C)NC(=O)CCCCCCCCCCCCCCCCCCCCCCCCCCC. The Morgan fingerprint density at radius 2 is 0.762 bits per heavy atom. The number of rotatable bonds is 64. The molecule has 9 nitrogen and oxygen atoms in total. The van der Waals surface area contributed by atoms with Crippen LogP contribution in [0, 0.1) is 0 Å². The van der Waals surface area contributed by atoms with Crippen molar-refractivity contribution in [1.29, 1.82) is 0 Å². The summed E-state index contributed by atoms with van der Waals surface area (Å²) in [6.45, 7) is 7.04. The molecule has 0 fully saturated rings. The van der Waals surface area contributed by atoms with E-state index in [1.807, 2.05) is 33.3 Å². The van der Waals surface area contributed by atoms with Gasteiger partial charge in [0.1, 0.15) is 19.3 Å².